The predicted molar refractivity (Wildman–Crippen MR) is 66.1 cm³/mol. The first-order valence-corrected chi connectivity index (χ1v) is 6.74. The van der Waals surface area contributed by atoms with E-state index in [0.29, 0.717) is 10.8 Å². The first kappa shape index (κ1) is 13.2. The van der Waals surface area contributed by atoms with Crippen molar-refractivity contribution < 1.29 is 8.42 Å². The molecule has 4 heteroatoms. The molecule has 1 aromatic carbocycles. The third kappa shape index (κ3) is 2.44. The van der Waals surface area contributed by atoms with Crippen LogP contribution < -0.4 is 0 Å². The highest BCUT2D eigenvalue weighted by atomic mass is 32.2. The van der Waals surface area contributed by atoms with Crippen LogP contribution in [-0.2, 0) is 10.0 Å². The molecule has 0 saturated heterocycles. The van der Waals surface area contributed by atoms with E-state index in [0.717, 1.165) is 11.1 Å². The van der Waals surface area contributed by atoms with Crippen molar-refractivity contribution in [1.82, 2.24) is 4.31 Å². The molecule has 0 aliphatic rings. The van der Waals surface area contributed by atoms with Gasteiger partial charge in [0.25, 0.3) is 0 Å². The molecule has 16 heavy (non-hydrogen) atoms. The standard InChI is InChI=1S/C12H19NO2S/c1-9(2)11-6-7-12(10(3)8-11)16(14,15)13(4)5/h6-9H,1-5H3. The van der Waals surface area contributed by atoms with Crippen molar-refractivity contribution in [3.8, 4) is 0 Å². The Kier molecular flexibility index (Phi) is 3.76. The van der Waals surface area contributed by atoms with Crippen molar-refractivity contribution in [3.63, 3.8) is 0 Å². The molecule has 0 atom stereocenters. The largest absolute Gasteiger partial charge is 0.242 e. The second kappa shape index (κ2) is 4.55. The zero-order valence-electron chi connectivity index (χ0n) is 10.5. The van der Waals surface area contributed by atoms with Gasteiger partial charge in [0.2, 0.25) is 10.0 Å². The molecule has 0 aliphatic carbocycles. The fourth-order valence-electron chi connectivity index (χ4n) is 1.52. The maximum absolute atomic E-state index is 12.0. The summed E-state index contributed by atoms with van der Waals surface area (Å²) in [5, 5.41) is 0. The SMILES string of the molecule is Cc1cc(C(C)C)ccc1S(=O)(=O)N(C)C. The van der Waals surface area contributed by atoms with Gasteiger partial charge in [-0.2, -0.15) is 0 Å². The highest BCUT2D eigenvalue weighted by Gasteiger charge is 2.19. The minimum Gasteiger partial charge on any atom is -0.207 e. The van der Waals surface area contributed by atoms with Crippen molar-refractivity contribution in [3.05, 3.63) is 29.3 Å². The Labute approximate surface area is 98.1 Å². The van der Waals surface area contributed by atoms with Crippen molar-refractivity contribution in [2.24, 2.45) is 0 Å². The smallest absolute Gasteiger partial charge is 0.207 e. The van der Waals surface area contributed by atoms with E-state index in [1.165, 1.54) is 4.31 Å². The number of hydrogen-bond acceptors (Lipinski definition) is 2. The van der Waals surface area contributed by atoms with Gasteiger partial charge in [-0.25, -0.2) is 12.7 Å². The second-order valence-electron chi connectivity index (χ2n) is 4.47. The molecule has 90 valence electrons. The van der Waals surface area contributed by atoms with Gasteiger partial charge in [0.1, 0.15) is 0 Å². The van der Waals surface area contributed by atoms with Gasteiger partial charge in [0.05, 0.1) is 4.90 Å². The molecule has 0 aliphatic heterocycles. The van der Waals surface area contributed by atoms with E-state index in [4.69, 9.17) is 0 Å². The zero-order valence-corrected chi connectivity index (χ0v) is 11.3. The summed E-state index contributed by atoms with van der Waals surface area (Å²) in [6.07, 6.45) is 0. The Hall–Kier alpha value is -0.870. The summed E-state index contributed by atoms with van der Waals surface area (Å²) in [7, 11) is -0.223. The van der Waals surface area contributed by atoms with E-state index in [1.54, 1.807) is 20.2 Å². The lowest BCUT2D eigenvalue weighted by Gasteiger charge is -2.15. The van der Waals surface area contributed by atoms with Gasteiger partial charge in [-0.05, 0) is 30.0 Å². The fourth-order valence-corrected chi connectivity index (χ4v) is 2.62. The number of sulfonamides is 1. The zero-order chi connectivity index (χ0) is 12.5. The first-order valence-electron chi connectivity index (χ1n) is 5.30. The molecule has 0 heterocycles. The highest BCUT2D eigenvalue weighted by Crippen LogP contribution is 2.23. The van der Waals surface area contributed by atoms with Gasteiger partial charge < -0.3 is 0 Å². The van der Waals surface area contributed by atoms with Crippen LogP contribution in [0.2, 0.25) is 0 Å². The Balaban J connectivity index is 3.30. The highest BCUT2D eigenvalue weighted by molar-refractivity contribution is 7.89. The summed E-state index contributed by atoms with van der Waals surface area (Å²) in [6, 6.07) is 5.52. The van der Waals surface area contributed by atoms with Crippen molar-refractivity contribution in [2.45, 2.75) is 31.6 Å². The lowest BCUT2D eigenvalue weighted by molar-refractivity contribution is 0.520. The third-order valence-corrected chi connectivity index (χ3v) is 4.60. The molecule has 0 N–H and O–H groups in total. The normalized spacial score (nSPS) is 12.4. The summed E-state index contributed by atoms with van der Waals surface area (Å²) in [6.45, 7) is 6.02. The molecule has 0 aromatic heterocycles. The van der Waals surface area contributed by atoms with Crippen molar-refractivity contribution in [2.75, 3.05) is 14.1 Å². The van der Waals surface area contributed by atoms with Crippen LogP contribution in [0.4, 0.5) is 0 Å². The number of hydrogen-bond donors (Lipinski definition) is 0. The number of aryl methyl sites for hydroxylation is 1. The molecule has 3 nitrogen and oxygen atoms in total. The third-order valence-electron chi connectivity index (χ3n) is 2.62. The molecule has 1 rings (SSSR count). The monoisotopic (exact) mass is 241 g/mol. The van der Waals surface area contributed by atoms with Crippen LogP contribution in [0.1, 0.15) is 30.9 Å². The van der Waals surface area contributed by atoms with Gasteiger partial charge in [-0.3, -0.25) is 0 Å². The van der Waals surface area contributed by atoms with E-state index in [1.807, 2.05) is 19.1 Å². The van der Waals surface area contributed by atoms with E-state index < -0.39 is 10.0 Å². The lowest BCUT2D eigenvalue weighted by atomic mass is 10.0. The summed E-state index contributed by atoms with van der Waals surface area (Å²) >= 11 is 0. The molecule has 1 aromatic rings. The number of rotatable bonds is 3. The summed E-state index contributed by atoms with van der Waals surface area (Å²) in [5.74, 6) is 0.412. The lowest BCUT2D eigenvalue weighted by Crippen LogP contribution is -2.23. The molecule has 0 spiro atoms. The second-order valence-corrected chi connectivity index (χ2v) is 6.59. The van der Waals surface area contributed by atoms with Gasteiger partial charge in [-0.1, -0.05) is 26.0 Å². The predicted octanol–water partition coefficient (Wildman–Crippen LogP) is 2.37. The first-order chi connectivity index (χ1) is 7.26. The van der Waals surface area contributed by atoms with Crippen LogP contribution >= 0.6 is 0 Å². The molecular weight excluding hydrogens is 222 g/mol. The summed E-state index contributed by atoms with van der Waals surface area (Å²) in [4.78, 5) is 0.391. The molecular formula is C12H19NO2S. The number of nitrogens with zero attached hydrogens (tertiary/aromatic N) is 1. The topological polar surface area (TPSA) is 37.4 Å². The average molecular weight is 241 g/mol. The molecule has 0 saturated carbocycles. The Bertz CT molecular complexity index is 476. The van der Waals surface area contributed by atoms with E-state index in [9.17, 15) is 8.42 Å². The van der Waals surface area contributed by atoms with E-state index in [-0.39, 0.29) is 0 Å². The van der Waals surface area contributed by atoms with Crippen LogP contribution in [0, 0.1) is 6.92 Å². The van der Waals surface area contributed by atoms with Crippen molar-refractivity contribution >= 4 is 10.0 Å². The van der Waals surface area contributed by atoms with Crippen LogP contribution in [0.3, 0.4) is 0 Å². The maximum Gasteiger partial charge on any atom is 0.242 e. The molecule has 0 bridgehead atoms. The Morgan fingerprint density at radius 2 is 1.75 bits per heavy atom. The minimum atomic E-state index is -3.32. The Morgan fingerprint density at radius 3 is 2.12 bits per heavy atom. The Morgan fingerprint density at radius 1 is 1.19 bits per heavy atom. The fraction of sp³-hybridized carbons (Fsp3) is 0.500. The quantitative estimate of drug-likeness (QED) is 0.814. The van der Waals surface area contributed by atoms with Crippen LogP contribution in [0.15, 0.2) is 23.1 Å². The maximum atomic E-state index is 12.0. The van der Waals surface area contributed by atoms with E-state index >= 15 is 0 Å². The molecule has 0 fully saturated rings. The van der Waals surface area contributed by atoms with Gasteiger partial charge in [-0.15, -0.1) is 0 Å². The molecule has 0 amide bonds. The van der Waals surface area contributed by atoms with Crippen LogP contribution in [0.25, 0.3) is 0 Å². The number of benzene rings is 1. The minimum absolute atomic E-state index is 0.391. The molecule has 0 unspecified atom stereocenters. The van der Waals surface area contributed by atoms with Gasteiger partial charge >= 0.3 is 0 Å². The van der Waals surface area contributed by atoms with Gasteiger partial charge in [0.15, 0.2) is 0 Å². The van der Waals surface area contributed by atoms with E-state index in [2.05, 4.69) is 13.8 Å². The average Bonchev–Trinajstić information content (AvgIpc) is 2.16. The van der Waals surface area contributed by atoms with Crippen LogP contribution in [-0.4, -0.2) is 26.8 Å². The van der Waals surface area contributed by atoms with Crippen molar-refractivity contribution in [1.29, 1.82) is 0 Å². The summed E-state index contributed by atoms with van der Waals surface area (Å²) in [5.41, 5.74) is 1.97. The molecule has 0 radical (unpaired) electrons. The summed E-state index contributed by atoms with van der Waals surface area (Å²) < 4.78 is 25.2. The van der Waals surface area contributed by atoms with Gasteiger partial charge in [0, 0.05) is 14.1 Å². The van der Waals surface area contributed by atoms with Crippen LogP contribution in [0.5, 0.6) is 0 Å².